The van der Waals surface area contributed by atoms with E-state index in [1.807, 2.05) is 0 Å². The van der Waals surface area contributed by atoms with Crippen LogP contribution in [0.25, 0.3) is 10.2 Å². The van der Waals surface area contributed by atoms with Crippen LogP contribution in [0.1, 0.15) is 54.2 Å². The Labute approximate surface area is 155 Å². The molecule has 0 aromatic carbocycles. The van der Waals surface area contributed by atoms with Gasteiger partial charge in [0.1, 0.15) is 16.7 Å². The van der Waals surface area contributed by atoms with Crippen molar-refractivity contribution in [2.24, 2.45) is 0 Å². The number of hydrogen-bond donors (Lipinski definition) is 1. The van der Waals surface area contributed by atoms with E-state index in [1.165, 1.54) is 11.3 Å². The van der Waals surface area contributed by atoms with Gasteiger partial charge in [0.15, 0.2) is 0 Å². The fourth-order valence-electron chi connectivity index (χ4n) is 3.21. The Morgan fingerprint density at radius 3 is 2.85 bits per heavy atom. The molecular formula is C18H23N3O4S. The highest BCUT2D eigenvalue weighted by molar-refractivity contribution is 7.20. The fourth-order valence-corrected chi connectivity index (χ4v) is 4.31. The summed E-state index contributed by atoms with van der Waals surface area (Å²) >= 11 is 1.20. The quantitative estimate of drug-likeness (QED) is 0.825. The molecule has 2 aromatic rings. The van der Waals surface area contributed by atoms with Gasteiger partial charge in [-0.1, -0.05) is 6.42 Å². The SMILES string of the molecule is CCOC(=O)[C@H](C)NC(=O)c1sc2nc3n(c(=O)c2c1C)CCCCC3. The van der Waals surface area contributed by atoms with Crippen LogP contribution in [0, 0.1) is 6.92 Å². The minimum Gasteiger partial charge on any atom is -0.464 e. The van der Waals surface area contributed by atoms with Gasteiger partial charge < -0.3 is 10.1 Å². The summed E-state index contributed by atoms with van der Waals surface area (Å²) in [5.74, 6) is -0.0664. The van der Waals surface area contributed by atoms with Gasteiger partial charge in [0.25, 0.3) is 11.5 Å². The number of nitrogens with one attached hydrogen (secondary N) is 1. The number of rotatable bonds is 4. The maximum Gasteiger partial charge on any atom is 0.328 e. The number of nitrogens with zero attached hydrogens (tertiary/aromatic N) is 2. The van der Waals surface area contributed by atoms with Crippen molar-refractivity contribution in [2.75, 3.05) is 6.61 Å². The second kappa shape index (κ2) is 7.57. The van der Waals surface area contributed by atoms with Crippen molar-refractivity contribution in [3.05, 3.63) is 26.6 Å². The molecule has 3 rings (SSSR count). The highest BCUT2D eigenvalue weighted by Crippen LogP contribution is 2.28. The maximum atomic E-state index is 12.9. The number of aromatic nitrogens is 2. The van der Waals surface area contributed by atoms with E-state index in [9.17, 15) is 14.4 Å². The first-order valence-electron chi connectivity index (χ1n) is 8.94. The third-order valence-electron chi connectivity index (χ3n) is 4.61. The molecule has 0 aliphatic carbocycles. The number of aryl methyl sites for hydroxylation is 2. The van der Waals surface area contributed by atoms with Gasteiger partial charge >= 0.3 is 5.97 Å². The third-order valence-corrected chi connectivity index (χ3v) is 5.79. The Kier molecular flexibility index (Phi) is 5.41. The van der Waals surface area contributed by atoms with Gasteiger partial charge in [0, 0.05) is 13.0 Å². The first kappa shape index (κ1) is 18.6. The molecule has 2 aromatic heterocycles. The van der Waals surface area contributed by atoms with Crippen LogP contribution < -0.4 is 10.9 Å². The molecule has 0 spiro atoms. The summed E-state index contributed by atoms with van der Waals surface area (Å²) in [5, 5.41) is 3.15. The van der Waals surface area contributed by atoms with Crippen LogP contribution in [0.2, 0.25) is 0 Å². The normalized spacial score (nSPS) is 15.2. The van der Waals surface area contributed by atoms with Crippen LogP contribution in [-0.2, 0) is 22.5 Å². The van der Waals surface area contributed by atoms with Gasteiger partial charge in [-0.25, -0.2) is 9.78 Å². The highest BCUT2D eigenvalue weighted by Gasteiger charge is 2.24. The molecule has 1 amide bonds. The summed E-state index contributed by atoms with van der Waals surface area (Å²) in [6.45, 7) is 5.98. The average molecular weight is 377 g/mol. The molecule has 0 saturated heterocycles. The second-order valence-corrected chi connectivity index (χ2v) is 7.48. The molecule has 1 N–H and O–H groups in total. The van der Waals surface area contributed by atoms with Gasteiger partial charge in [0.2, 0.25) is 0 Å². The van der Waals surface area contributed by atoms with Gasteiger partial charge in [-0.3, -0.25) is 14.2 Å². The van der Waals surface area contributed by atoms with Crippen molar-refractivity contribution in [1.82, 2.24) is 14.9 Å². The van der Waals surface area contributed by atoms with E-state index in [0.717, 1.165) is 31.5 Å². The third kappa shape index (κ3) is 3.38. The van der Waals surface area contributed by atoms with E-state index in [2.05, 4.69) is 10.3 Å². The first-order chi connectivity index (χ1) is 12.4. The Morgan fingerprint density at radius 1 is 1.35 bits per heavy atom. The van der Waals surface area contributed by atoms with Crippen molar-refractivity contribution in [3.63, 3.8) is 0 Å². The molecule has 26 heavy (non-hydrogen) atoms. The minimum atomic E-state index is -0.752. The molecule has 0 unspecified atom stereocenters. The molecule has 7 nitrogen and oxygen atoms in total. The van der Waals surface area contributed by atoms with Crippen LogP contribution in [0.5, 0.6) is 0 Å². The molecular weight excluding hydrogens is 354 g/mol. The van der Waals surface area contributed by atoms with E-state index in [-0.39, 0.29) is 18.1 Å². The Balaban J connectivity index is 1.97. The predicted molar refractivity (Wildman–Crippen MR) is 99.7 cm³/mol. The van der Waals surface area contributed by atoms with E-state index in [0.29, 0.717) is 27.2 Å². The lowest BCUT2D eigenvalue weighted by Crippen LogP contribution is -2.39. The monoisotopic (exact) mass is 377 g/mol. The molecule has 0 fully saturated rings. The Morgan fingerprint density at radius 2 is 2.12 bits per heavy atom. The van der Waals surface area contributed by atoms with Crippen LogP contribution in [0.15, 0.2) is 4.79 Å². The molecule has 1 aliphatic rings. The van der Waals surface area contributed by atoms with Gasteiger partial charge in [-0.15, -0.1) is 11.3 Å². The molecule has 0 bridgehead atoms. The smallest absolute Gasteiger partial charge is 0.328 e. The van der Waals surface area contributed by atoms with E-state index >= 15 is 0 Å². The number of fused-ring (bicyclic) bond motifs is 2. The summed E-state index contributed by atoms with van der Waals surface area (Å²) < 4.78 is 6.66. The molecule has 1 aliphatic heterocycles. The summed E-state index contributed by atoms with van der Waals surface area (Å²) in [7, 11) is 0. The number of carbonyl (C=O) groups excluding carboxylic acids is 2. The number of esters is 1. The molecule has 3 heterocycles. The largest absolute Gasteiger partial charge is 0.464 e. The van der Waals surface area contributed by atoms with E-state index < -0.39 is 12.0 Å². The fraction of sp³-hybridized carbons (Fsp3) is 0.556. The van der Waals surface area contributed by atoms with E-state index in [1.54, 1.807) is 25.3 Å². The van der Waals surface area contributed by atoms with Crippen LogP contribution >= 0.6 is 11.3 Å². The molecule has 140 valence electrons. The number of ether oxygens (including phenoxy) is 1. The second-order valence-electron chi connectivity index (χ2n) is 6.48. The number of hydrogen-bond acceptors (Lipinski definition) is 6. The number of amides is 1. The van der Waals surface area contributed by atoms with Gasteiger partial charge in [0.05, 0.1) is 16.9 Å². The summed E-state index contributed by atoms with van der Waals surface area (Å²) in [4.78, 5) is 42.9. The lowest BCUT2D eigenvalue weighted by Gasteiger charge is -2.12. The van der Waals surface area contributed by atoms with Crippen molar-refractivity contribution in [2.45, 2.75) is 59.0 Å². The summed E-state index contributed by atoms with van der Waals surface area (Å²) in [6, 6.07) is -0.752. The van der Waals surface area contributed by atoms with Gasteiger partial charge in [-0.05, 0) is 39.2 Å². The maximum absolute atomic E-state index is 12.9. The Hall–Kier alpha value is -2.22. The van der Waals surface area contributed by atoms with Crippen LogP contribution in [0.3, 0.4) is 0 Å². The lowest BCUT2D eigenvalue weighted by molar-refractivity contribution is -0.144. The topological polar surface area (TPSA) is 90.3 Å². The van der Waals surface area contributed by atoms with E-state index in [4.69, 9.17) is 4.74 Å². The minimum absolute atomic E-state index is 0.0712. The first-order valence-corrected chi connectivity index (χ1v) is 9.76. The Bertz CT molecular complexity index is 915. The van der Waals surface area contributed by atoms with Crippen molar-refractivity contribution >= 4 is 33.4 Å². The molecule has 8 heteroatoms. The zero-order chi connectivity index (χ0) is 18.8. The zero-order valence-corrected chi connectivity index (χ0v) is 16.1. The summed E-state index contributed by atoms with van der Waals surface area (Å²) in [6.07, 6.45) is 3.86. The average Bonchev–Trinajstić information content (AvgIpc) is 2.78. The van der Waals surface area contributed by atoms with Crippen LogP contribution in [0.4, 0.5) is 0 Å². The standard InChI is InChI=1S/C18H23N3O4S/c1-4-25-18(24)11(3)19-15(22)14-10(2)13-16(26-14)20-12-8-6-5-7-9-21(12)17(13)23/h11H,4-9H2,1-3H3,(H,19,22)/t11-/m0/s1. The molecule has 1 atom stereocenters. The van der Waals surface area contributed by atoms with Crippen molar-refractivity contribution in [3.8, 4) is 0 Å². The van der Waals surface area contributed by atoms with Gasteiger partial charge in [-0.2, -0.15) is 0 Å². The van der Waals surface area contributed by atoms with Crippen molar-refractivity contribution < 1.29 is 14.3 Å². The van der Waals surface area contributed by atoms with Crippen molar-refractivity contribution in [1.29, 1.82) is 0 Å². The predicted octanol–water partition coefficient (Wildman–Crippen LogP) is 2.17. The molecule has 0 saturated carbocycles. The zero-order valence-electron chi connectivity index (χ0n) is 15.3. The number of carbonyl (C=O) groups is 2. The summed E-state index contributed by atoms with van der Waals surface area (Å²) in [5.41, 5.74) is 0.550. The number of thiophene rings is 1. The highest BCUT2D eigenvalue weighted by atomic mass is 32.1. The molecule has 0 radical (unpaired) electrons. The van der Waals surface area contributed by atoms with Crippen LogP contribution in [-0.4, -0.2) is 34.1 Å². The lowest BCUT2D eigenvalue weighted by atomic mass is 10.2.